The molecule has 0 N–H and O–H groups in total. The lowest BCUT2D eigenvalue weighted by Gasteiger charge is -1.96. The minimum absolute atomic E-state index is 0.720. The monoisotopic (exact) mass is 171 g/mol. The molecule has 0 aliphatic carbocycles. The van der Waals surface area contributed by atoms with Crippen LogP contribution in [0.4, 0.5) is 0 Å². The van der Waals surface area contributed by atoms with Crippen LogP contribution >= 0.6 is 0 Å². The minimum Gasteiger partial charge on any atom is -0.268 e. The second kappa shape index (κ2) is 3.76. The number of hydrogen-bond donors (Lipinski definition) is 0. The summed E-state index contributed by atoms with van der Waals surface area (Å²) >= 11 is 0. The van der Waals surface area contributed by atoms with Crippen molar-refractivity contribution in [3.8, 4) is 0 Å². The fraction of sp³-hybridized carbons (Fsp3) is 0.100. The molecule has 0 atom stereocenters. The Morgan fingerprint density at radius 1 is 1.15 bits per heavy atom. The maximum absolute atomic E-state index is 4.14. The number of aromatic nitrogens is 2. The van der Waals surface area contributed by atoms with Gasteiger partial charge >= 0.3 is 0 Å². The molecule has 1 aliphatic rings. The number of hydrogen-bond acceptors (Lipinski definition) is 3. The first kappa shape index (κ1) is 7.86. The predicted octanol–water partition coefficient (Wildman–Crippen LogP) is 1.85. The molecule has 0 saturated carbocycles. The van der Waals surface area contributed by atoms with E-state index in [9.17, 15) is 0 Å². The molecule has 3 heteroatoms. The Morgan fingerprint density at radius 3 is 2.85 bits per heavy atom. The molecule has 13 heavy (non-hydrogen) atoms. The minimum atomic E-state index is 0.720. The highest BCUT2D eigenvalue weighted by Gasteiger charge is 1.99. The van der Waals surface area contributed by atoms with Gasteiger partial charge in [0, 0.05) is 36.8 Å². The third-order valence-corrected chi connectivity index (χ3v) is 1.68. The molecule has 0 saturated heterocycles. The van der Waals surface area contributed by atoms with Crippen LogP contribution < -0.4 is 0 Å². The Labute approximate surface area is 76.6 Å². The van der Waals surface area contributed by atoms with Crippen LogP contribution in [0.3, 0.4) is 0 Å². The molecule has 0 radical (unpaired) electrons. The van der Waals surface area contributed by atoms with Crippen molar-refractivity contribution in [3.63, 3.8) is 0 Å². The van der Waals surface area contributed by atoms with Gasteiger partial charge in [-0.2, -0.15) is 0 Å². The maximum atomic E-state index is 4.14. The number of aliphatic imine (C=N–C) groups is 1. The number of allylic oxidation sites excluding steroid dienone is 3. The van der Waals surface area contributed by atoms with E-state index in [-0.39, 0.29) is 0 Å². The summed E-state index contributed by atoms with van der Waals surface area (Å²) in [6, 6.07) is 1.80. The standard InChI is InChI=1S/C10H9N3/c1-2-5-11-8-9(4-1)10-12-6-3-7-13-10/h1,3-8H,2H2. The van der Waals surface area contributed by atoms with E-state index < -0.39 is 0 Å². The van der Waals surface area contributed by atoms with Crippen molar-refractivity contribution in [2.75, 3.05) is 0 Å². The molecule has 0 unspecified atom stereocenters. The zero-order chi connectivity index (χ0) is 8.93. The van der Waals surface area contributed by atoms with Gasteiger partial charge < -0.3 is 0 Å². The zero-order valence-electron chi connectivity index (χ0n) is 7.09. The predicted molar refractivity (Wildman–Crippen MR) is 52.3 cm³/mol. The first-order valence-electron chi connectivity index (χ1n) is 4.12. The first-order chi connectivity index (χ1) is 6.47. The summed E-state index contributed by atoms with van der Waals surface area (Å²) in [4.78, 5) is 12.4. The van der Waals surface area contributed by atoms with Crippen LogP contribution in [0, 0.1) is 0 Å². The molecule has 1 aliphatic heterocycles. The van der Waals surface area contributed by atoms with Crippen molar-refractivity contribution in [2.24, 2.45) is 4.99 Å². The average Bonchev–Trinajstić information content (AvgIpc) is 2.47. The van der Waals surface area contributed by atoms with E-state index in [1.165, 1.54) is 0 Å². The van der Waals surface area contributed by atoms with Gasteiger partial charge in [-0.3, -0.25) is 4.99 Å². The molecule has 0 aromatic carbocycles. The largest absolute Gasteiger partial charge is 0.268 e. The van der Waals surface area contributed by atoms with Crippen molar-refractivity contribution < 1.29 is 0 Å². The van der Waals surface area contributed by atoms with Gasteiger partial charge in [0.1, 0.15) is 0 Å². The molecule has 0 amide bonds. The smallest absolute Gasteiger partial charge is 0.160 e. The Bertz CT molecular complexity index is 363. The lowest BCUT2D eigenvalue weighted by atomic mass is 10.2. The van der Waals surface area contributed by atoms with Crippen molar-refractivity contribution in [1.82, 2.24) is 9.97 Å². The van der Waals surface area contributed by atoms with Gasteiger partial charge in [0.2, 0.25) is 0 Å². The fourth-order valence-electron chi connectivity index (χ4n) is 1.07. The highest BCUT2D eigenvalue weighted by atomic mass is 14.9. The molecule has 0 spiro atoms. The Kier molecular flexibility index (Phi) is 2.27. The van der Waals surface area contributed by atoms with E-state index in [1.807, 2.05) is 18.4 Å². The molecule has 64 valence electrons. The summed E-state index contributed by atoms with van der Waals surface area (Å²) in [6.45, 7) is 0. The van der Waals surface area contributed by atoms with Crippen LogP contribution in [0.5, 0.6) is 0 Å². The quantitative estimate of drug-likeness (QED) is 0.646. The van der Waals surface area contributed by atoms with Crippen molar-refractivity contribution in [2.45, 2.75) is 6.42 Å². The molecular formula is C10H9N3. The Balaban J connectivity index is 2.36. The van der Waals surface area contributed by atoms with E-state index >= 15 is 0 Å². The SMILES string of the molecule is C1=CC(c2ncccn2)=CN=CC1. The zero-order valence-corrected chi connectivity index (χ0v) is 7.09. The lowest BCUT2D eigenvalue weighted by molar-refractivity contribution is 1.12. The highest BCUT2D eigenvalue weighted by Crippen LogP contribution is 2.11. The van der Waals surface area contributed by atoms with E-state index in [2.05, 4.69) is 15.0 Å². The maximum Gasteiger partial charge on any atom is 0.160 e. The van der Waals surface area contributed by atoms with E-state index in [0.29, 0.717) is 0 Å². The second-order valence-corrected chi connectivity index (χ2v) is 2.63. The normalized spacial score (nSPS) is 15.2. The summed E-state index contributed by atoms with van der Waals surface area (Å²) in [7, 11) is 0. The molecule has 3 nitrogen and oxygen atoms in total. The van der Waals surface area contributed by atoms with E-state index in [1.54, 1.807) is 24.7 Å². The van der Waals surface area contributed by atoms with Crippen molar-refractivity contribution in [3.05, 3.63) is 42.6 Å². The molecule has 2 rings (SSSR count). The molecule has 2 heterocycles. The summed E-state index contributed by atoms with van der Waals surface area (Å²) in [5.41, 5.74) is 0.953. The number of rotatable bonds is 1. The van der Waals surface area contributed by atoms with Crippen molar-refractivity contribution >= 4 is 11.8 Å². The first-order valence-corrected chi connectivity index (χ1v) is 4.12. The molecule has 1 aromatic rings. The highest BCUT2D eigenvalue weighted by molar-refractivity contribution is 5.74. The van der Waals surface area contributed by atoms with Gasteiger partial charge in [0.15, 0.2) is 5.82 Å². The van der Waals surface area contributed by atoms with Gasteiger partial charge in [-0.15, -0.1) is 0 Å². The Morgan fingerprint density at radius 2 is 2.00 bits per heavy atom. The molecule has 0 bridgehead atoms. The molecule has 0 fully saturated rings. The fourth-order valence-corrected chi connectivity index (χ4v) is 1.07. The summed E-state index contributed by atoms with van der Waals surface area (Å²) < 4.78 is 0. The van der Waals surface area contributed by atoms with Gasteiger partial charge in [0.25, 0.3) is 0 Å². The van der Waals surface area contributed by atoms with Crippen LogP contribution in [0.15, 0.2) is 41.8 Å². The summed E-state index contributed by atoms with van der Waals surface area (Å²) in [5.74, 6) is 0.720. The Hall–Kier alpha value is -1.77. The van der Waals surface area contributed by atoms with Gasteiger partial charge in [0.05, 0.1) is 0 Å². The average molecular weight is 171 g/mol. The van der Waals surface area contributed by atoms with Crippen molar-refractivity contribution in [1.29, 1.82) is 0 Å². The lowest BCUT2D eigenvalue weighted by Crippen LogP contribution is -1.89. The van der Waals surface area contributed by atoms with Crippen LogP contribution in [0.2, 0.25) is 0 Å². The van der Waals surface area contributed by atoms with Gasteiger partial charge in [-0.05, 0) is 6.07 Å². The van der Waals surface area contributed by atoms with E-state index in [4.69, 9.17) is 0 Å². The van der Waals surface area contributed by atoms with Crippen LogP contribution in [-0.2, 0) is 0 Å². The third-order valence-electron chi connectivity index (χ3n) is 1.68. The topological polar surface area (TPSA) is 38.1 Å². The van der Waals surface area contributed by atoms with Gasteiger partial charge in [-0.1, -0.05) is 12.2 Å². The summed E-state index contributed by atoms with van der Waals surface area (Å²) in [6.07, 6.45) is 12.0. The van der Waals surface area contributed by atoms with Gasteiger partial charge in [-0.25, -0.2) is 9.97 Å². The van der Waals surface area contributed by atoms with Crippen LogP contribution in [-0.4, -0.2) is 16.2 Å². The van der Waals surface area contributed by atoms with Crippen LogP contribution in [0.25, 0.3) is 5.57 Å². The number of nitrogens with zero attached hydrogens (tertiary/aromatic N) is 3. The van der Waals surface area contributed by atoms with E-state index in [0.717, 1.165) is 17.8 Å². The second-order valence-electron chi connectivity index (χ2n) is 2.63. The summed E-state index contributed by atoms with van der Waals surface area (Å²) in [5, 5.41) is 0. The molecular weight excluding hydrogens is 162 g/mol. The third kappa shape index (κ3) is 1.87. The van der Waals surface area contributed by atoms with Crippen LogP contribution in [0.1, 0.15) is 12.2 Å². The molecule has 1 aromatic heterocycles.